The maximum atomic E-state index is 6.05. The fourth-order valence-electron chi connectivity index (χ4n) is 3.32. The van der Waals surface area contributed by atoms with Crippen LogP contribution in [-0.2, 0) is 0 Å². The van der Waals surface area contributed by atoms with E-state index in [4.69, 9.17) is 5.73 Å². The van der Waals surface area contributed by atoms with Crippen LogP contribution < -0.4 is 5.73 Å². The molecule has 1 atom stereocenters. The second kappa shape index (κ2) is 5.50. The molecule has 2 saturated carbocycles. The molecule has 0 spiro atoms. The summed E-state index contributed by atoms with van der Waals surface area (Å²) < 4.78 is 0. The molecule has 2 aliphatic rings. The zero-order valence-electron chi connectivity index (χ0n) is 11.0. The lowest BCUT2D eigenvalue weighted by atomic mass is 9.95. The Labute approximate surface area is 101 Å². The van der Waals surface area contributed by atoms with Gasteiger partial charge in [0.25, 0.3) is 0 Å². The summed E-state index contributed by atoms with van der Waals surface area (Å²) in [5.74, 6) is 1.67. The molecule has 2 rings (SSSR count). The van der Waals surface area contributed by atoms with E-state index in [9.17, 15) is 0 Å². The molecule has 0 bridgehead atoms. The molecule has 94 valence electrons. The van der Waals surface area contributed by atoms with E-state index in [1.54, 1.807) is 0 Å². The third-order valence-electron chi connectivity index (χ3n) is 4.20. The largest absolute Gasteiger partial charge is 0.329 e. The second-order valence-electron chi connectivity index (χ2n) is 6.17. The number of nitrogens with two attached hydrogens (primary N) is 1. The Morgan fingerprint density at radius 2 is 1.75 bits per heavy atom. The second-order valence-corrected chi connectivity index (χ2v) is 6.17. The normalized spacial score (nSPS) is 24.6. The quantitative estimate of drug-likeness (QED) is 0.751. The van der Waals surface area contributed by atoms with Gasteiger partial charge in [0.2, 0.25) is 0 Å². The van der Waals surface area contributed by atoms with Gasteiger partial charge in [-0.1, -0.05) is 26.7 Å². The summed E-state index contributed by atoms with van der Waals surface area (Å²) in [7, 11) is 0. The highest BCUT2D eigenvalue weighted by molar-refractivity contribution is 4.93. The molecule has 2 fully saturated rings. The standard InChI is InChI=1S/C14H28N2/c1-11(2)10-16(13-7-8-13)14(9-15)12-5-3-4-6-12/h11-14H,3-10,15H2,1-2H3. The van der Waals surface area contributed by atoms with Crippen molar-refractivity contribution < 1.29 is 0 Å². The number of hydrogen-bond donors (Lipinski definition) is 1. The van der Waals surface area contributed by atoms with Crippen molar-refractivity contribution >= 4 is 0 Å². The van der Waals surface area contributed by atoms with Gasteiger partial charge in [-0.25, -0.2) is 0 Å². The SMILES string of the molecule is CC(C)CN(C1CC1)C(CN)C1CCCC1. The highest BCUT2D eigenvalue weighted by Crippen LogP contribution is 2.36. The maximum Gasteiger partial charge on any atom is 0.0249 e. The lowest BCUT2D eigenvalue weighted by molar-refractivity contribution is 0.123. The van der Waals surface area contributed by atoms with Crippen LogP contribution in [0.25, 0.3) is 0 Å². The Hall–Kier alpha value is -0.0800. The summed E-state index contributed by atoms with van der Waals surface area (Å²) in [6.45, 7) is 6.78. The Balaban J connectivity index is 1.97. The summed E-state index contributed by atoms with van der Waals surface area (Å²) in [6.07, 6.45) is 8.53. The number of hydrogen-bond acceptors (Lipinski definition) is 2. The third-order valence-corrected chi connectivity index (χ3v) is 4.20. The van der Waals surface area contributed by atoms with Crippen molar-refractivity contribution in [3.63, 3.8) is 0 Å². The van der Waals surface area contributed by atoms with Crippen LogP contribution in [0.3, 0.4) is 0 Å². The van der Waals surface area contributed by atoms with E-state index < -0.39 is 0 Å². The molecule has 0 radical (unpaired) electrons. The van der Waals surface area contributed by atoms with Gasteiger partial charge in [0.1, 0.15) is 0 Å². The predicted molar refractivity (Wildman–Crippen MR) is 69.4 cm³/mol. The van der Waals surface area contributed by atoms with Crippen LogP contribution >= 0.6 is 0 Å². The fraction of sp³-hybridized carbons (Fsp3) is 1.00. The summed E-state index contributed by atoms with van der Waals surface area (Å²) in [6, 6.07) is 1.55. The average Bonchev–Trinajstić information content (AvgIpc) is 2.95. The molecule has 0 aliphatic heterocycles. The lowest BCUT2D eigenvalue weighted by Gasteiger charge is -2.36. The zero-order valence-corrected chi connectivity index (χ0v) is 11.0. The van der Waals surface area contributed by atoms with Crippen molar-refractivity contribution in [3.8, 4) is 0 Å². The monoisotopic (exact) mass is 224 g/mol. The number of rotatable bonds is 6. The topological polar surface area (TPSA) is 29.3 Å². The van der Waals surface area contributed by atoms with Crippen LogP contribution in [0.15, 0.2) is 0 Å². The minimum Gasteiger partial charge on any atom is -0.329 e. The van der Waals surface area contributed by atoms with E-state index in [-0.39, 0.29) is 0 Å². The van der Waals surface area contributed by atoms with Crippen LogP contribution in [0.5, 0.6) is 0 Å². The van der Waals surface area contributed by atoms with Gasteiger partial charge in [0.05, 0.1) is 0 Å². The molecule has 0 aromatic rings. The van der Waals surface area contributed by atoms with Crippen molar-refractivity contribution in [2.45, 2.75) is 64.5 Å². The Kier molecular flexibility index (Phi) is 4.26. The Bertz CT molecular complexity index is 205. The van der Waals surface area contributed by atoms with Gasteiger partial charge in [-0.3, -0.25) is 4.90 Å². The molecule has 2 heteroatoms. The first-order valence-corrected chi connectivity index (χ1v) is 7.18. The van der Waals surface area contributed by atoms with Gasteiger partial charge in [0, 0.05) is 25.2 Å². The molecule has 2 aliphatic carbocycles. The highest BCUT2D eigenvalue weighted by Gasteiger charge is 2.37. The summed E-state index contributed by atoms with van der Waals surface area (Å²) in [5, 5.41) is 0. The van der Waals surface area contributed by atoms with Crippen LogP contribution in [0.2, 0.25) is 0 Å². The van der Waals surface area contributed by atoms with Gasteiger partial charge in [-0.05, 0) is 37.5 Å². The summed E-state index contributed by atoms with van der Waals surface area (Å²) in [4.78, 5) is 2.75. The molecule has 2 N–H and O–H groups in total. The summed E-state index contributed by atoms with van der Waals surface area (Å²) >= 11 is 0. The fourth-order valence-corrected chi connectivity index (χ4v) is 3.32. The van der Waals surface area contributed by atoms with E-state index >= 15 is 0 Å². The van der Waals surface area contributed by atoms with Crippen molar-refractivity contribution in [2.75, 3.05) is 13.1 Å². The van der Waals surface area contributed by atoms with E-state index in [0.717, 1.165) is 24.4 Å². The van der Waals surface area contributed by atoms with Gasteiger partial charge in [-0.15, -0.1) is 0 Å². The number of nitrogens with zero attached hydrogens (tertiary/aromatic N) is 1. The maximum absolute atomic E-state index is 6.05. The van der Waals surface area contributed by atoms with Crippen molar-refractivity contribution in [1.82, 2.24) is 4.90 Å². The molecule has 0 amide bonds. The van der Waals surface area contributed by atoms with Gasteiger partial charge < -0.3 is 5.73 Å². The van der Waals surface area contributed by atoms with Crippen LogP contribution in [0.1, 0.15) is 52.4 Å². The first-order chi connectivity index (χ1) is 7.72. The molecular weight excluding hydrogens is 196 g/mol. The third kappa shape index (κ3) is 2.98. The summed E-state index contributed by atoms with van der Waals surface area (Å²) in [5.41, 5.74) is 6.05. The van der Waals surface area contributed by atoms with Gasteiger partial charge >= 0.3 is 0 Å². The molecule has 0 aromatic carbocycles. The van der Waals surface area contributed by atoms with Crippen molar-refractivity contribution in [1.29, 1.82) is 0 Å². The van der Waals surface area contributed by atoms with Gasteiger partial charge in [-0.2, -0.15) is 0 Å². The van der Waals surface area contributed by atoms with Crippen LogP contribution in [0.4, 0.5) is 0 Å². The first-order valence-electron chi connectivity index (χ1n) is 7.18. The van der Waals surface area contributed by atoms with Crippen molar-refractivity contribution in [2.24, 2.45) is 17.6 Å². The van der Waals surface area contributed by atoms with E-state index in [0.29, 0.717) is 6.04 Å². The molecule has 0 aromatic heterocycles. The molecule has 16 heavy (non-hydrogen) atoms. The molecule has 2 nitrogen and oxygen atoms in total. The molecular formula is C14H28N2. The van der Waals surface area contributed by atoms with Crippen molar-refractivity contribution in [3.05, 3.63) is 0 Å². The zero-order chi connectivity index (χ0) is 11.5. The molecule has 0 saturated heterocycles. The Morgan fingerprint density at radius 3 is 2.19 bits per heavy atom. The average molecular weight is 224 g/mol. The molecule has 1 unspecified atom stereocenters. The van der Waals surface area contributed by atoms with Crippen LogP contribution in [-0.4, -0.2) is 30.1 Å². The minimum atomic E-state index is 0.678. The minimum absolute atomic E-state index is 0.678. The molecule has 0 heterocycles. The lowest BCUT2D eigenvalue weighted by Crippen LogP contribution is -2.47. The Morgan fingerprint density at radius 1 is 1.12 bits per heavy atom. The first kappa shape index (κ1) is 12.4. The van der Waals surface area contributed by atoms with E-state index in [1.807, 2.05) is 0 Å². The van der Waals surface area contributed by atoms with E-state index in [1.165, 1.54) is 45.1 Å². The van der Waals surface area contributed by atoms with Crippen LogP contribution in [0, 0.1) is 11.8 Å². The van der Waals surface area contributed by atoms with E-state index in [2.05, 4.69) is 18.7 Å². The van der Waals surface area contributed by atoms with Gasteiger partial charge in [0.15, 0.2) is 0 Å². The highest BCUT2D eigenvalue weighted by atomic mass is 15.2. The smallest absolute Gasteiger partial charge is 0.0249 e. The predicted octanol–water partition coefficient (Wildman–Crippen LogP) is 2.62.